The van der Waals surface area contributed by atoms with Crippen LogP contribution in [0.25, 0.3) is 67.7 Å². The molecule has 0 aliphatic carbocycles. The Morgan fingerprint density at radius 1 is 0.636 bits per heavy atom. The van der Waals surface area contributed by atoms with Crippen LogP contribution >= 0.6 is 31.9 Å². The summed E-state index contributed by atoms with van der Waals surface area (Å²) in [5, 5.41) is 37.6. The Hall–Kier alpha value is -8.52. The lowest BCUT2D eigenvalue weighted by atomic mass is 9.98. The highest BCUT2D eigenvalue weighted by atomic mass is 79.9. The van der Waals surface area contributed by atoms with E-state index < -0.39 is 35.5 Å². The van der Waals surface area contributed by atoms with Gasteiger partial charge >= 0.3 is 18.6 Å². The molecule has 0 spiro atoms. The molecule has 4 aromatic heterocycles. The number of ether oxygens (including phenoxy) is 4. The fraction of sp³-hybridized carbons (Fsp3) is 0.231. The Bertz CT molecular complexity index is 3740. The maximum absolute atomic E-state index is 13.6. The van der Waals surface area contributed by atoms with E-state index in [0.29, 0.717) is 79.5 Å². The standard InChI is InChI=1S/C26H20BrF2N5O4.C22H14BrF2N3O5.C4H8N2/c1-13-31-22(14-5-8-20-21(9-14)38-26(28,29)37-20)23(36-13)17-10-15(27)6-7-16(17)19-11-18(33-34(19)4)24(35)32-25(2,3)12-30;1-10-26-19(11-3-6-17-18(7-11)33-22(24,25)32-17)20(31-10)14-8-12(23)4-5-13(14)16-9-15(21(29)30)27-28(16)2;1-4(2,6)3-5/h5-11H,1-4H3,(H,32,35);3-9H,1-2H3,(H,29,30);6H2,1-2H3. The molecule has 0 atom stereocenters. The highest BCUT2D eigenvalue weighted by Gasteiger charge is 2.45. The smallest absolute Gasteiger partial charge is 0.476 e. The second-order valence-corrected chi connectivity index (χ2v) is 20.1. The third-order valence-corrected chi connectivity index (χ3v) is 12.0. The van der Waals surface area contributed by atoms with Gasteiger partial charge in [0.15, 0.2) is 57.7 Å². The Morgan fingerprint density at radius 2 is 1.04 bits per heavy atom. The molecule has 25 heteroatoms. The van der Waals surface area contributed by atoms with E-state index in [-0.39, 0.29) is 34.4 Å². The molecule has 0 saturated heterocycles. The highest BCUT2D eigenvalue weighted by Crippen LogP contribution is 2.48. The first-order valence-corrected chi connectivity index (χ1v) is 24.2. The maximum atomic E-state index is 13.6. The zero-order valence-electron chi connectivity index (χ0n) is 41.7. The maximum Gasteiger partial charge on any atom is 0.586 e. The number of hydrogen-bond acceptors (Lipinski definition) is 15. The van der Waals surface area contributed by atoms with Crippen molar-refractivity contribution < 1.29 is 60.0 Å². The molecule has 10 rings (SSSR count). The number of carbonyl (C=O) groups is 2. The van der Waals surface area contributed by atoms with Crippen molar-refractivity contribution in [2.24, 2.45) is 19.8 Å². The quantitative estimate of drug-likeness (QED) is 0.113. The molecule has 0 unspecified atom stereocenters. The molecule has 4 aromatic carbocycles. The molecule has 0 radical (unpaired) electrons. The SMILES string of the molecule is CC(C)(N)C#N.Cc1nc(-c2ccc3c(c2)OC(F)(F)O3)c(-c2cc(Br)ccc2-c2cc(C(=O)NC(C)(C)C#N)nn2C)o1.Cc1nc(-c2ccc3c(c2)OC(F)(F)O3)c(-c2cc(Br)ccc2-c2cc(C(=O)O)nn2C)o1. The number of aromatic nitrogens is 6. The minimum Gasteiger partial charge on any atom is -0.476 e. The third kappa shape index (κ3) is 12.1. The van der Waals surface area contributed by atoms with Crippen LogP contribution in [0.15, 0.2) is 103 Å². The molecular weight excluding hydrogens is 1140 g/mol. The predicted octanol–water partition coefficient (Wildman–Crippen LogP) is 11.6. The number of hydrogen-bond donors (Lipinski definition) is 3. The van der Waals surface area contributed by atoms with Gasteiger partial charge < -0.3 is 43.9 Å². The number of nitrogens with two attached hydrogens (primary N) is 1. The van der Waals surface area contributed by atoms with Gasteiger partial charge in [-0.3, -0.25) is 14.2 Å². The molecule has 0 saturated carbocycles. The zero-order chi connectivity index (χ0) is 56.1. The van der Waals surface area contributed by atoms with Crippen LogP contribution < -0.4 is 30.0 Å². The molecule has 8 aromatic rings. The van der Waals surface area contributed by atoms with Gasteiger partial charge in [-0.05, 0) is 100 Å². The predicted molar refractivity (Wildman–Crippen MR) is 274 cm³/mol. The summed E-state index contributed by atoms with van der Waals surface area (Å²) in [5.41, 5.74) is 8.90. The van der Waals surface area contributed by atoms with E-state index in [0.717, 1.165) is 8.95 Å². The van der Waals surface area contributed by atoms with Crippen LogP contribution in [0.4, 0.5) is 17.6 Å². The van der Waals surface area contributed by atoms with Gasteiger partial charge in [0.1, 0.15) is 16.9 Å². The molecule has 1 amide bonds. The summed E-state index contributed by atoms with van der Waals surface area (Å²) >= 11 is 6.95. The van der Waals surface area contributed by atoms with Crippen LogP contribution in [-0.2, 0) is 14.1 Å². The second kappa shape index (κ2) is 20.5. The average molecular weight is 1190 g/mol. The van der Waals surface area contributed by atoms with Gasteiger partial charge in [-0.15, -0.1) is 17.6 Å². The molecule has 0 fully saturated rings. The number of rotatable bonds is 9. The van der Waals surface area contributed by atoms with Crippen LogP contribution in [0.5, 0.6) is 23.0 Å². The van der Waals surface area contributed by atoms with Crippen molar-refractivity contribution in [3.8, 4) is 103 Å². The van der Waals surface area contributed by atoms with Crippen molar-refractivity contribution in [2.45, 2.75) is 65.2 Å². The highest BCUT2D eigenvalue weighted by molar-refractivity contribution is 9.10. The van der Waals surface area contributed by atoms with Crippen molar-refractivity contribution in [1.82, 2.24) is 34.8 Å². The molecule has 77 heavy (non-hydrogen) atoms. The molecule has 396 valence electrons. The van der Waals surface area contributed by atoms with Crippen molar-refractivity contribution >= 4 is 43.7 Å². The van der Waals surface area contributed by atoms with E-state index in [1.54, 1.807) is 96.7 Å². The first-order valence-electron chi connectivity index (χ1n) is 22.6. The normalized spacial score (nSPS) is 13.6. The Morgan fingerprint density at radius 3 is 1.43 bits per heavy atom. The molecule has 6 heterocycles. The van der Waals surface area contributed by atoms with Crippen molar-refractivity contribution in [1.29, 1.82) is 10.5 Å². The Kier molecular flexibility index (Phi) is 14.6. The number of halogens is 6. The van der Waals surface area contributed by atoms with Gasteiger partial charge in [-0.2, -0.15) is 20.7 Å². The number of nitrogens with one attached hydrogen (secondary N) is 1. The number of aryl methyl sites for hydroxylation is 4. The summed E-state index contributed by atoms with van der Waals surface area (Å²) in [4.78, 5) is 33.1. The number of nitrogens with zero attached hydrogens (tertiary/aromatic N) is 8. The van der Waals surface area contributed by atoms with Crippen molar-refractivity contribution in [2.75, 3.05) is 0 Å². The van der Waals surface area contributed by atoms with Gasteiger partial charge in [0.25, 0.3) is 5.91 Å². The van der Waals surface area contributed by atoms with Gasteiger partial charge in [0.2, 0.25) is 0 Å². The fourth-order valence-electron chi connectivity index (χ4n) is 7.69. The summed E-state index contributed by atoms with van der Waals surface area (Å²) in [5.74, 6) is -0.581. The van der Waals surface area contributed by atoms with Crippen molar-refractivity contribution in [3.63, 3.8) is 0 Å². The van der Waals surface area contributed by atoms with Gasteiger partial charge in [-0.25, -0.2) is 14.8 Å². The van der Waals surface area contributed by atoms with E-state index >= 15 is 0 Å². The molecular formula is C52H42Br2F4N10O9. The summed E-state index contributed by atoms with van der Waals surface area (Å²) in [6.45, 7) is 9.84. The summed E-state index contributed by atoms with van der Waals surface area (Å²) in [7, 11) is 3.33. The average Bonchev–Trinajstić information content (AvgIpc) is 4.24. The van der Waals surface area contributed by atoms with Crippen LogP contribution in [0, 0.1) is 36.5 Å². The number of oxazole rings is 2. The number of carboxylic acids is 1. The molecule has 4 N–H and O–H groups in total. The van der Waals surface area contributed by atoms with Crippen LogP contribution in [0.1, 0.15) is 60.5 Å². The first kappa shape index (κ1) is 54.7. The van der Waals surface area contributed by atoms with Crippen molar-refractivity contribution in [3.05, 3.63) is 117 Å². The second-order valence-electron chi connectivity index (χ2n) is 18.3. The number of alkyl halides is 4. The van der Waals surface area contributed by atoms with E-state index in [1.807, 2.05) is 30.3 Å². The van der Waals surface area contributed by atoms with E-state index in [9.17, 15) is 37.5 Å². The number of amides is 1. The summed E-state index contributed by atoms with van der Waals surface area (Å²) in [6.07, 6.45) is -7.48. The monoisotopic (exact) mass is 1180 g/mol. The van der Waals surface area contributed by atoms with Crippen LogP contribution in [0.3, 0.4) is 0 Å². The molecule has 0 bridgehead atoms. The van der Waals surface area contributed by atoms with Gasteiger partial charge in [0.05, 0.1) is 29.1 Å². The Balaban J connectivity index is 0.000000186. The van der Waals surface area contributed by atoms with E-state index in [2.05, 4.69) is 76.3 Å². The van der Waals surface area contributed by atoms with Gasteiger partial charge in [-0.1, -0.05) is 44.0 Å². The lowest BCUT2D eigenvalue weighted by molar-refractivity contribution is -0.287. The van der Waals surface area contributed by atoms with E-state index in [4.69, 9.17) is 19.8 Å². The third-order valence-electron chi connectivity index (χ3n) is 11.0. The number of carbonyl (C=O) groups excluding carboxylic acids is 1. The van der Waals surface area contributed by atoms with E-state index in [1.165, 1.54) is 35.0 Å². The fourth-order valence-corrected chi connectivity index (χ4v) is 8.41. The number of fused-ring (bicyclic) bond motifs is 2. The lowest BCUT2D eigenvalue weighted by Gasteiger charge is -2.16. The minimum absolute atomic E-state index is 0.0789. The lowest BCUT2D eigenvalue weighted by Crippen LogP contribution is -2.42. The number of aromatic carboxylic acids is 1. The summed E-state index contributed by atoms with van der Waals surface area (Å²) in [6, 6.07) is 26.6. The van der Waals surface area contributed by atoms with Gasteiger partial charge in [0, 0.05) is 70.3 Å². The molecule has 2 aliphatic heterocycles. The van der Waals surface area contributed by atoms with Crippen LogP contribution in [0.2, 0.25) is 0 Å². The number of carboxylic acid groups (broad SMARTS) is 1. The Labute approximate surface area is 452 Å². The molecule has 2 aliphatic rings. The van der Waals surface area contributed by atoms with Crippen LogP contribution in [-0.4, -0.2) is 70.2 Å². The minimum atomic E-state index is -3.74. The topological polar surface area (TPSA) is 265 Å². The molecule has 19 nitrogen and oxygen atoms in total. The first-order chi connectivity index (χ1) is 36.0. The number of nitriles is 2. The largest absolute Gasteiger partial charge is 0.586 e. The summed E-state index contributed by atoms with van der Waals surface area (Å²) < 4.78 is 88.7. The number of benzene rings is 4. The zero-order valence-corrected chi connectivity index (χ0v) is 44.9.